The van der Waals surface area contributed by atoms with Gasteiger partial charge in [0, 0.05) is 18.0 Å². The van der Waals surface area contributed by atoms with Crippen LogP contribution in [0.3, 0.4) is 0 Å². The molecule has 2 heteroatoms. The molecule has 0 aromatic carbocycles. The van der Waals surface area contributed by atoms with Crippen LogP contribution in [0.15, 0.2) is 24.3 Å². The standard InChI is InChI=1S/C12H20N2/c1-13-11-7-5-9-14(2)12-8-4-3-6-10(11)12/h3-4,6,8,10-13H,5,7,9H2,1-2H3. The Labute approximate surface area is 86.7 Å². The van der Waals surface area contributed by atoms with Crippen LogP contribution in [0.25, 0.3) is 0 Å². The van der Waals surface area contributed by atoms with E-state index in [1.807, 2.05) is 0 Å². The van der Waals surface area contributed by atoms with Crippen molar-refractivity contribution in [3.63, 3.8) is 0 Å². The number of nitrogens with zero attached hydrogens (tertiary/aromatic N) is 1. The lowest BCUT2D eigenvalue weighted by atomic mass is 9.87. The predicted octanol–water partition coefficient (Wildman–Crippen LogP) is 1.41. The molecule has 14 heavy (non-hydrogen) atoms. The second-order valence-corrected chi connectivity index (χ2v) is 4.36. The minimum atomic E-state index is 0.597. The lowest BCUT2D eigenvalue weighted by molar-refractivity contribution is 0.241. The number of rotatable bonds is 1. The number of allylic oxidation sites excluding steroid dienone is 2. The van der Waals surface area contributed by atoms with E-state index in [0.717, 1.165) is 0 Å². The third kappa shape index (κ3) is 1.77. The molecular weight excluding hydrogens is 172 g/mol. The first kappa shape index (κ1) is 9.94. The smallest absolute Gasteiger partial charge is 0.0356 e. The van der Waals surface area contributed by atoms with E-state index in [2.05, 4.69) is 48.6 Å². The summed E-state index contributed by atoms with van der Waals surface area (Å²) in [6, 6.07) is 1.24. The Balaban J connectivity index is 2.19. The summed E-state index contributed by atoms with van der Waals surface area (Å²) in [5.74, 6) is 0.650. The zero-order valence-corrected chi connectivity index (χ0v) is 9.11. The minimum Gasteiger partial charge on any atom is -0.316 e. The van der Waals surface area contributed by atoms with Gasteiger partial charge < -0.3 is 5.32 Å². The van der Waals surface area contributed by atoms with Crippen LogP contribution in [0.4, 0.5) is 0 Å². The fourth-order valence-corrected chi connectivity index (χ4v) is 2.66. The van der Waals surface area contributed by atoms with Crippen LogP contribution >= 0.6 is 0 Å². The van der Waals surface area contributed by atoms with Crippen LogP contribution in [0.5, 0.6) is 0 Å². The molecule has 1 heterocycles. The Hall–Kier alpha value is -0.600. The van der Waals surface area contributed by atoms with E-state index in [0.29, 0.717) is 18.0 Å². The summed E-state index contributed by atoms with van der Waals surface area (Å²) in [4.78, 5) is 2.47. The summed E-state index contributed by atoms with van der Waals surface area (Å²) in [5, 5.41) is 3.45. The van der Waals surface area contributed by atoms with Crippen LogP contribution < -0.4 is 5.32 Å². The van der Waals surface area contributed by atoms with Gasteiger partial charge in [0.25, 0.3) is 0 Å². The highest BCUT2D eigenvalue weighted by Crippen LogP contribution is 2.26. The number of likely N-dealkylation sites (N-methyl/N-ethyl adjacent to an activating group) is 1. The van der Waals surface area contributed by atoms with Crippen LogP contribution in [0.2, 0.25) is 0 Å². The van der Waals surface area contributed by atoms with Gasteiger partial charge in [-0.05, 0) is 33.5 Å². The fourth-order valence-electron chi connectivity index (χ4n) is 2.66. The maximum absolute atomic E-state index is 3.45. The topological polar surface area (TPSA) is 15.3 Å². The molecule has 1 aliphatic heterocycles. The average molecular weight is 192 g/mol. The summed E-state index contributed by atoms with van der Waals surface area (Å²) in [7, 11) is 4.32. The Morgan fingerprint density at radius 2 is 2.07 bits per heavy atom. The number of hydrogen-bond acceptors (Lipinski definition) is 2. The highest BCUT2D eigenvalue weighted by atomic mass is 15.1. The summed E-state index contributed by atoms with van der Waals surface area (Å²) >= 11 is 0. The van der Waals surface area contributed by atoms with E-state index >= 15 is 0 Å². The highest BCUT2D eigenvalue weighted by molar-refractivity contribution is 5.19. The first-order chi connectivity index (χ1) is 6.83. The molecule has 1 fully saturated rings. The molecule has 0 amide bonds. The van der Waals surface area contributed by atoms with E-state index in [1.165, 1.54) is 19.4 Å². The van der Waals surface area contributed by atoms with Gasteiger partial charge in [0.2, 0.25) is 0 Å². The van der Waals surface area contributed by atoms with Gasteiger partial charge in [0.15, 0.2) is 0 Å². The maximum Gasteiger partial charge on any atom is 0.0356 e. The van der Waals surface area contributed by atoms with Gasteiger partial charge in [-0.3, -0.25) is 4.90 Å². The molecule has 0 aromatic heterocycles. The lowest BCUT2D eigenvalue weighted by Crippen LogP contribution is -2.43. The second-order valence-electron chi connectivity index (χ2n) is 4.36. The molecular formula is C12H20N2. The normalized spacial score (nSPS) is 38.0. The average Bonchev–Trinajstić information content (AvgIpc) is 2.39. The van der Waals surface area contributed by atoms with Crippen LogP contribution in [-0.4, -0.2) is 37.6 Å². The molecule has 1 saturated heterocycles. The monoisotopic (exact) mass is 192 g/mol. The van der Waals surface area contributed by atoms with Crippen molar-refractivity contribution in [1.82, 2.24) is 10.2 Å². The van der Waals surface area contributed by atoms with Crippen molar-refractivity contribution in [2.24, 2.45) is 5.92 Å². The van der Waals surface area contributed by atoms with E-state index in [4.69, 9.17) is 0 Å². The third-order valence-electron chi connectivity index (χ3n) is 3.52. The van der Waals surface area contributed by atoms with E-state index in [1.54, 1.807) is 0 Å². The molecule has 3 atom stereocenters. The van der Waals surface area contributed by atoms with Crippen molar-refractivity contribution >= 4 is 0 Å². The van der Waals surface area contributed by atoms with Crippen LogP contribution in [-0.2, 0) is 0 Å². The summed E-state index contributed by atoms with van der Waals surface area (Å²) < 4.78 is 0. The molecule has 0 saturated carbocycles. The molecule has 1 aliphatic carbocycles. The van der Waals surface area contributed by atoms with Gasteiger partial charge >= 0.3 is 0 Å². The molecule has 0 spiro atoms. The van der Waals surface area contributed by atoms with Crippen LogP contribution in [0.1, 0.15) is 12.8 Å². The van der Waals surface area contributed by atoms with Crippen molar-refractivity contribution in [3.05, 3.63) is 24.3 Å². The Morgan fingerprint density at radius 3 is 2.86 bits per heavy atom. The second kappa shape index (κ2) is 4.28. The van der Waals surface area contributed by atoms with Gasteiger partial charge in [-0.1, -0.05) is 24.3 Å². The quantitative estimate of drug-likeness (QED) is 0.676. The van der Waals surface area contributed by atoms with E-state index < -0.39 is 0 Å². The van der Waals surface area contributed by atoms with Crippen LogP contribution in [0, 0.1) is 5.92 Å². The number of hydrogen-bond donors (Lipinski definition) is 1. The SMILES string of the molecule is CNC1CCCN(C)C2C=CC=CC12. The minimum absolute atomic E-state index is 0.597. The summed E-state index contributed by atoms with van der Waals surface area (Å²) in [6.45, 7) is 1.22. The van der Waals surface area contributed by atoms with Gasteiger partial charge in [-0.25, -0.2) is 0 Å². The summed E-state index contributed by atoms with van der Waals surface area (Å²) in [6.07, 6.45) is 11.6. The Morgan fingerprint density at radius 1 is 1.29 bits per heavy atom. The van der Waals surface area contributed by atoms with E-state index in [-0.39, 0.29) is 0 Å². The first-order valence-electron chi connectivity index (χ1n) is 5.55. The number of fused-ring (bicyclic) bond motifs is 1. The van der Waals surface area contributed by atoms with E-state index in [9.17, 15) is 0 Å². The molecule has 1 N–H and O–H groups in total. The van der Waals surface area contributed by atoms with Crippen molar-refractivity contribution in [3.8, 4) is 0 Å². The van der Waals surface area contributed by atoms with Gasteiger partial charge in [0.1, 0.15) is 0 Å². The predicted molar refractivity (Wildman–Crippen MR) is 60.3 cm³/mol. The molecule has 2 nitrogen and oxygen atoms in total. The molecule has 0 aromatic rings. The van der Waals surface area contributed by atoms with Gasteiger partial charge in [-0.15, -0.1) is 0 Å². The van der Waals surface area contributed by atoms with Crippen molar-refractivity contribution in [2.75, 3.05) is 20.6 Å². The van der Waals surface area contributed by atoms with Gasteiger partial charge in [-0.2, -0.15) is 0 Å². The molecule has 3 unspecified atom stereocenters. The van der Waals surface area contributed by atoms with Crippen molar-refractivity contribution < 1.29 is 0 Å². The van der Waals surface area contributed by atoms with Crippen molar-refractivity contribution in [1.29, 1.82) is 0 Å². The first-order valence-corrected chi connectivity index (χ1v) is 5.55. The molecule has 2 aliphatic rings. The van der Waals surface area contributed by atoms with Gasteiger partial charge in [0.05, 0.1) is 0 Å². The highest BCUT2D eigenvalue weighted by Gasteiger charge is 2.31. The largest absolute Gasteiger partial charge is 0.316 e. The zero-order chi connectivity index (χ0) is 9.97. The number of likely N-dealkylation sites (tertiary alicyclic amines) is 1. The summed E-state index contributed by atoms with van der Waals surface area (Å²) in [5.41, 5.74) is 0. The number of nitrogens with one attached hydrogen (secondary N) is 1. The zero-order valence-electron chi connectivity index (χ0n) is 9.11. The maximum atomic E-state index is 3.45. The van der Waals surface area contributed by atoms with Crippen molar-refractivity contribution in [2.45, 2.75) is 24.9 Å². The molecule has 0 bridgehead atoms. The lowest BCUT2D eigenvalue weighted by Gasteiger charge is -2.33. The Kier molecular flexibility index (Phi) is 3.04. The Bertz CT molecular complexity index is 245. The molecule has 0 radical (unpaired) electrons. The molecule has 2 rings (SSSR count). The molecule has 78 valence electrons. The third-order valence-corrected chi connectivity index (χ3v) is 3.52. The fraction of sp³-hybridized carbons (Fsp3) is 0.667.